The van der Waals surface area contributed by atoms with Gasteiger partial charge < -0.3 is 9.88 Å². The van der Waals surface area contributed by atoms with E-state index in [0.717, 1.165) is 30.0 Å². The highest BCUT2D eigenvalue weighted by atomic mass is 16.1. The fraction of sp³-hybridized carbons (Fsp3) is 0.360. The van der Waals surface area contributed by atoms with Gasteiger partial charge in [0, 0.05) is 43.2 Å². The van der Waals surface area contributed by atoms with Crippen LogP contribution in [-0.4, -0.2) is 15.5 Å². The summed E-state index contributed by atoms with van der Waals surface area (Å²) in [7, 11) is 0. The smallest absolute Gasteiger partial charge is 0.221 e. The van der Waals surface area contributed by atoms with Crippen molar-refractivity contribution in [2.75, 3.05) is 0 Å². The normalized spacial score (nSPS) is 16.8. The van der Waals surface area contributed by atoms with E-state index in [2.05, 4.69) is 48.0 Å². The van der Waals surface area contributed by atoms with Crippen molar-refractivity contribution >= 4 is 5.91 Å². The molecule has 2 aromatic carbocycles. The number of hydrogen-bond donors (Lipinski definition) is 1. The Bertz CT molecular complexity index is 977. The molecule has 0 radical (unpaired) electrons. The predicted molar refractivity (Wildman–Crippen MR) is 116 cm³/mol. The van der Waals surface area contributed by atoms with E-state index < -0.39 is 0 Å². The van der Waals surface area contributed by atoms with Gasteiger partial charge in [0.25, 0.3) is 0 Å². The molecule has 150 valence electrons. The molecule has 2 heterocycles. The summed E-state index contributed by atoms with van der Waals surface area (Å²) in [6.45, 7) is 5.92. The molecule has 0 saturated carbocycles. The van der Waals surface area contributed by atoms with Gasteiger partial charge in [0.2, 0.25) is 5.91 Å². The van der Waals surface area contributed by atoms with Crippen LogP contribution in [-0.2, 0) is 17.9 Å². The summed E-state index contributed by atoms with van der Waals surface area (Å²) in [6, 6.07) is 18.4. The third-order valence-corrected chi connectivity index (χ3v) is 6.02. The molecule has 0 spiro atoms. The van der Waals surface area contributed by atoms with Crippen molar-refractivity contribution in [3.8, 4) is 0 Å². The van der Waals surface area contributed by atoms with Crippen LogP contribution < -0.4 is 5.32 Å². The zero-order valence-electron chi connectivity index (χ0n) is 17.3. The summed E-state index contributed by atoms with van der Waals surface area (Å²) in [5.74, 6) is 1.72. The number of carbonyl (C=O) groups excluding carboxylic acids is 1. The highest BCUT2D eigenvalue weighted by molar-refractivity contribution is 5.77. The Balaban J connectivity index is 1.60. The minimum absolute atomic E-state index is 0.0125. The van der Waals surface area contributed by atoms with Crippen LogP contribution >= 0.6 is 0 Å². The Morgan fingerprint density at radius 3 is 2.72 bits per heavy atom. The molecule has 0 bridgehead atoms. The second kappa shape index (κ2) is 8.64. The molecule has 0 fully saturated rings. The molecular formula is C25H29N3O. The number of nitrogens with zero attached hydrogens (tertiary/aromatic N) is 2. The van der Waals surface area contributed by atoms with Crippen LogP contribution in [0, 0.1) is 6.92 Å². The molecule has 3 aromatic rings. The van der Waals surface area contributed by atoms with Gasteiger partial charge in [-0.15, -0.1) is 0 Å². The Morgan fingerprint density at radius 2 is 1.93 bits per heavy atom. The van der Waals surface area contributed by atoms with E-state index in [4.69, 9.17) is 4.98 Å². The van der Waals surface area contributed by atoms with E-state index in [9.17, 15) is 4.79 Å². The molecular weight excluding hydrogens is 358 g/mol. The maximum atomic E-state index is 12.9. The first-order chi connectivity index (χ1) is 14.1. The minimum Gasteiger partial charge on any atom is -0.352 e. The molecule has 1 aliphatic heterocycles. The van der Waals surface area contributed by atoms with Gasteiger partial charge in [0.15, 0.2) is 0 Å². The van der Waals surface area contributed by atoms with Crippen LogP contribution in [0.2, 0.25) is 0 Å². The van der Waals surface area contributed by atoms with E-state index in [1.807, 2.05) is 36.5 Å². The fourth-order valence-electron chi connectivity index (χ4n) is 4.41. The van der Waals surface area contributed by atoms with Gasteiger partial charge in [-0.1, -0.05) is 61.5 Å². The Hall–Kier alpha value is -2.88. The lowest BCUT2D eigenvalue weighted by Crippen LogP contribution is -2.26. The van der Waals surface area contributed by atoms with E-state index in [-0.39, 0.29) is 11.8 Å². The first-order valence-electron chi connectivity index (χ1n) is 10.5. The third-order valence-electron chi connectivity index (χ3n) is 6.02. The van der Waals surface area contributed by atoms with Crippen molar-refractivity contribution < 1.29 is 4.79 Å². The van der Waals surface area contributed by atoms with Crippen LogP contribution in [0.5, 0.6) is 0 Å². The van der Waals surface area contributed by atoms with E-state index in [1.54, 1.807) is 0 Å². The van der Waals surface area contributed by atoms with Crippen molar-refractivity contribution in [1.82, 2.24) is 14.9 Å². The van der Waals surface area contributed by atoms with Gasteiger partial charge >= 0.3 is 0 Å². The number of fused-ring (bicyclic) bond motifs is 1. The minimum atomic E-state index is 0.0125. The maximum absolute atomic E-state index is 12.9. The zero-order valence-corrected chi connectivity index (χ0v) is 17.3. The molecule has 1 N–H and O–H groups in total. The first kappa shape index (κ1) is 19.4. The van der Waals surface area contributed by atoms with Gasteiger partial charge in [-0.2, -0.15) is 0 Å². The highest BCUT2D eigenvalue weighted by Crippen LogP contribution is 2.35. The summed E-state index contributed by atoms with van der Waals surface area (Å²) in [4.78, 5) is 17.6. The zero-order chi connectivity index (χ0) is 20.2. The first-order valence-corrected chi connectivity index (χ1v) is 10.5. The molecule has 4 nitrogen and oxygen atoms in total. The SMILES string of the molecule is Cc1ccccc1[C@@H](CC(=O)NCc1ccccc1)c1cnc2n1CCC[C@H]2C. The number of carbonyl (C=O) groups is 1. The lowest BCUT2D eigenvalue weighted by Gasteiger charge is -2.26. The maximum Gasteiger partial charge on any atom is 0.221 e. The average Bonchev–Trinajstić information content (AvgIpc) is 3.17. The molecule has 2 atom stereocenters. The Kier molecular flexibility index (Phi) is 5.79. The molecule has 4 heteroatoms. The third kappa shape index (κ3) is 4.26. The van der Waals surface area contributed by atoms with E-state index >= 15 is 0 Å². The predicted octanol–water partition coefficient (Wildman–Crippen LogP) is 4.93. The van der Waals surface area contributed by atoms with E-state index in [1.165, 1.54) is 17.5 Å². The molecule has 0 saturated heterocycles. The van der Waals surface area contributed by atoms with Gasteiger partial charge in [-0.25, -0.2) is 4.98 Å². The number of imidazole rings is 1. The van der Waals surface area contributed by atoms with E-state index in [0.29, 0.717) is 18.9 Å². The molecule has 4 rings (SSSR count). The molecule has 1 aliphatic rings. The summed E-state index contributed by atoms with van der Waals surface area (Å²) in [5, 5.41) is 3.10. The summed E-state index contributed by atoms with van der Waals surface area (Å²) < 4.78 is 2.36. The molecule has 0 unspecified atom stereocenters. The monoisotopic (exact) mass is 387 g/mol. The summed E-state index contributed by atoms with van der Waals surface area (Å²) >= 11 is 0. The Morgan fingerprint density at radius 1 is 1.17 bits per heavy atom. The van der Waals surface area contributed by atoms with Gasteiger partial charge in [0.1, 0.15) is 5.82 Å². The van der Waals surface area contributed by atoms with Crippen LogP contribution in [0.1, 0.15) is 66.2 Å². The largest absolute Gasteiger partial charge is 0.352 e. The highest BCUT2D eigenvalue weighted by Gasteiger charge is 2.27. The number of aromatic nitrogens is 2. The topological polar surface area (TPSA) is 46.9 Å². The van der Waals surface area contributed by atoms with Crippen molar-refractivity contribution in [2.45, 2.75) is 58.0 Å². The number of amides is 1. The number of rotatable bonds is 6. The number of benzene rings is 2. The lowest BCUT2D eigenvalue weighted by atomic mass is 9.88. The fourth-order valence-corrected chi connectivity index (χ4v) is 4.41. The summed E-state index contributed by atoms with van der Waals surface area (Å²) in [6.07, 6.45) is 4.78. The number of aryl methyl sites for hydroxylation is 1. The average molecular weight is 388 g/mol. The number of nitrogens with one attached hydrogen (secondary N) is 1. The van der Waals surface area contributed by atoms with Crippen molar-refractivity contribution in [3.63, 3.8) is 0 Å². The van der Waals surface area contributed by atoms with Crippen molar-refractivity contribution in [2.24, 2.45) is 0 Å². The second-order valence-corrected chi connectivity index (χ2v) is 8.11. The van der Waals surface area contributed by atoms with Crippen LogP contribution in [0.15, 0.2) is 60.8 Å². The molecule has 1 amide bonds. The van der Waals surface area contributed by atoms with Crippen LogP contribution in [0.25, 0.3) is 0 Å². The van der Waals surface area contributed by atoms with Gasteiger partial charge in [-0.05, 0) is 36.5 Å². The van der Waals surface area contributed by atoms with Crippen molar-refractivity contribution in [1.29, 1.82) is 0 Å². The molecule has 1 aromatic heterocycles. The van der Waals surface area contributed by atoms with Gasteiger partial charge in [-0.3, -0.25) is 4.79 Å². The quantitative estimate of drug-likeness (QED) is 0.652. The lowest BCUT2D eigenvalue weighted by molar-refractivity contribution is -0.121. The van der Waals surface area contributed by atoms with Crippen LogP contribution in [0.4, 0.5) is 0 Å². The van der Waals surface area contributed by atoms with Crippen molar-refractivity contribution in [3.05, 3.63) is 89.0 Å². The number of hydrogen-bond acceptors (Lipinski definition) is 2. The molecule has 0 aliphatic carbocycles. The van der Waals surface area contributed by atoms with Crippen LogP contribution in [0.3, 0.4) is 0 Å². The summed E-state index contributed by atoms with van der Waals surface area (Å²) in [5.41, 5.74) is 4.70. The Labute approximate surface area is 173 Å². The molecule has 29 heavy (non-hydrogen) atoms. The second-order valence-electron chi connectivity index (χ2n) is 8.11. The van der Waals surface area contributed by atoms with Gasteiger partial charge in [0.05, 0.1) is 0 Å². The standard InChI is InChI=1S/C25H29N3O/c1-18-9-6-7-13-21(18)22(15-24(29)26-16-20-11-4-3-5-12-20)23-17-27-25-19(2)10-8-14-28(23)25/h3-7,9,11-13,17,19,22H,8,10,14-16H2,1-2H3,(H,26,29)/t19-,22-/m1/s1.